The molecule has 2 heterocycles. The Morgan fingerprint density at radius 1 is 1.06 bits per heavy atom. The molecule has 7 heteroatoms. The van der Waals surface area contributed by atoms with Crippen LogP contribution in [-0.4, -0.2) is 28.4 Å². The zero-order valence-corrected chi connectivity index (χ0v) is 20.9. The van der Waals surface area contributed by atoms with Crippen LogP contribution in [0.15, 0.2) is 72.3 Å². The minimum atomic E-state index is -0.839. The Morgan fingerprint density at radius 2 is 1.78 bits per heavy atom. The van der Waals surface area contributed by atoms with Crippen LogP contribution >= 0.6 is 11.6 Å². The molecule has 1 unspecified atom stereocenters. The Balaban J connectivity index is 1.77. The van der Waals surface area contributed by atoms with Gasteiger partial charge in [-0.25, -0.2) is 0 Å². The highest BCUT2D eigenvalue weighted by atomic mass is 35.5. The van der Waals surface area contributed by atoms with E-state index in [1.54, 1.807) is 42.5 Å². The summed E-state index contributed by atoms with van der Waals surface area (Å²) in [5.41, 5.74) is 4.23. The molecule has 6 nitrogen and oxygen atoms in total. The van der Waals surface area contributed by atoms with Crippen molar-refractivity contribution < 1.29 is 19.4 Å². The Hall–Kier alpha value is -4.03. The number of benzene rings is 3. The molecule has 4 aromatic rings. The van der Waals surface area contributed by atoms with Crippen molar-refractivity contribution in [1.29, 1.82) is 0 Å². The molecule has 1 aliphatic heterocycles. The number of Topliss-reactive ketones (excluding diaryl/α,β-unsaturated/α-hetero) is 1. The van der Waals surface area contributed by atoms with Crippen LogP contribution in [0.2, 0.25) is 5.02 Å². The second-order valence-electron chi connectivity index (χ2n) is 8.77. The number of hydrogen-bond donors (Lipinski definition) is 2. The van der Waals surface area contributed by atoms with E-state index in [-0.39, 0.29) is 11.3 Å². The minimum Gasteiger partial charge on any atom is -0.507 e. The van der Waals surface area contributed by atoms with Gasteiger partial charge >= 0.3 is 0 Å². The van der Waals surface area contributed by atoms with Crippen molar-refractivity contribution in [2.75, 3.05) is 11.5 Å². The number of nitrogens with one attached hydrogen (secondary N) is 1. The summed E-state index contributed by atoms with van der Waals surface area (Å²) in [4.78, 5) is 31.8. The summed E-state index contributed by atoms with van der Waals surface area (Å²) in [5, 5.41) is 12.9. The smallest absolute Gasteiger partial charge is 0.300 e. The number of ether oxygens (including phenoxy) is 1. The number of carbonyl (C=O) groups excluding carboxylic acids is 2. The summed E-state index contributed by atoms with van der Waals surface area (Å²) >= 11 is 6.10. The van der Waals surface area contributed by atoms with Gasteiger partial charge in [0.15, 0.2) is 0 Å². The maximum atomic E-state index is 13.5. The lowest BCUT2D eigenvalue weighted by Gasteiger charge is -2.26. The number of aryl methyl sites for hydroxylation is 2. The standard InChI is InChI=1S/C29H25ClN2O4/c1-4-36-23-14-9-18(15-16(23)2)27(33)25-26(24-17(3)31-22-8-6-5-7-21(22)24)32(29(35)28(25)34)20-12-10-19(30)11-13-20/h5-15,26,31,33H,4H2,1-3H3/b27-25+. The summed E-state index contributed by atoms with van der Waals surface area (Å²) in [6.45, 7) is 6.18. The first kappa shape index (κ1) is 23.7. The molecule has 1 saturated heterocycles. The van der Waals surface area contributed by atoms with Gasteiger partial charge in [0.1, 0.15) is 11.5 Å². The molecule has 0 radical (unpaired) electrons. The van der Waals surface area contributed by atoms with Crippen molar-refractivity contribution >= 4 is 45.6 Å². The van der Waals surface area contributed by atoms with Crippen molar-refractivity contribution in [3.8, 4) is 5.75 Å². The predicted molar refractivity (Wildman–Crippen MR) is 142 cm³/mol. The van der Waals surface area contributed by atoms with Crippen molar-refractivity contribution in [1.82, 2.24) is 4.98 Å². The summed E-state index contributed by atoms with van der Waals surface area (Å²) in [5.74, 6) is -0.995. The molecule has 5 rings (SSSR count). The van der Waals surface area contributed by atoms with Gasteiger partial charge in [0.2, 0.25) is 0 Å². The predicted octanol–water partition coefficient (Wildman–Crippen LogP) is 6.46. The fourth-order valence-corrected chi connectivity index (χ4v) is 5.02. The van der Waals surface area contributed by atoms with Gasteiger partial charge in [-0.1, -0.05) is 29.8 Å². The number of aliphatic hydroxyl groups excluding tert-OH is 1. The van der Waals surface area contributed by atoms with Gasteiger partial charge < -0.3 is 14.8 Å². The number of carbonyl (C=O) groups is 2. The number of anilines is 1. The van der Waals surface area contributed by atoms with Gasteiger partial charge in [0.25, 0.3) is 11.7 Å². The Morgan fingerprint density at radius 3 is 2.47 bits per heavy atom. The van der Waals surface area contributed by atoms with E-state index in [9.17, 15) is 14.7 Å². The minimum absolute atomic E-state index is 0.0337. The van der Waals surface area contributed by atoms with Crippen LogP contribution in [0, 0.1) is 13.8 Å². The lowest BCUT2D eigenvalue weighted by Crippen LogP contribution is -2.29. The summed E-state index contributed by atoms with van der Waals surface area (Å²) in [6.07, 6.45) is 0. The maximum Gasteiger partial charge on any atom is 0.300 e. The van der Waals surface area contributed by atoms with Crippen LogP contribution in [0.5, 0.6) is 5.75 Å². The number of halogens is 1. The van der Waals surface area contributed by atoms with E-state index in [1.807, 2.05) is 45.0 Å². The van der Waals surface area contributed by atoms with E-state index in [4.69, 9.17) is 16.3 Å². The zero-order valence-electron chi connectivity index (χ0n) is 20.1. The van der Waals surface area contributed by atoms with Crippen LogP contribution in [0.1, 0.15) is 35.3 Å². The molecule has 1 amide bonds. The average molecular weight is 501 g/mol. The molecule has 2 N–H and O–H groups in total. The Kier molecular flexibility index (Phi) is 6.06. The van der Waals surface area contributed by atoms with Gasteiger partial charge in [-0.15, -0.1) is 0 Å². The van der Waals surface area contributed by atoms with Gasteiger partial charge in [-0.05, 0) is 74.9 Å². The van der Waals surface area contributed by atoms with E-state index in [0.29, 0.717) is 28.6 Å². The second-order valence-corrected chi connectivity index (χ2v) is 9.20. The van der Waals surface area contributed by atoms with Crippen molar-refractivity contribution in [2.24, 2.45) is 0 Å². The first-order valence-corrected chi connectivity index (χ1v) is 12.1. The number of rotatable bonds is 5. The van der Waals surface area contributed by atoms with E-state index in [2.05, 4.69) is 4.98 Å². The Bertz CT molecular complexity index is 1530. The van der Waals surface area contributed by atoms with Crippen molar-refractivity contribution in [3.05, 3.63) is 99.7 Å². The average Bonchev–Trinajstić information content (AvgIpc) is 3.33. The first-order valence-electron chi connectivity index (χ1n) is 11.7. The Labute approximate surface area is 213 Å². The molecule has 1 aliphatic rings. The lowest BCUT2D eigenvalue weighted by atomic mass is 9.92. The fourth-order valence-electron chi connectivity index (χ4n) is 4.89. The third kappa shape index (κ3) is 3.84. The zero-order chi connectivity index (χ0) is 25.6. The van der Waals surface area contributed by atoms with E-state index in [0.717, 1.165) is 27.7 Å². The molecule has 1 atom stereocenters. The first-order chi connectivity index (χ1) is 17.3. The molecule has 0 spiro atoms. The molecule has 1 fully saturated rings. The highest BCUT2D eigenvalue weighted by molar-refractivity contribution is 6.52. The number of hydrogen-bond acceptors (Lipinski definition) is 4. The molecular weight excluding hydrogens is 476 g/mol. The highest BCUT2D eigenvalue weighted by Crippen LogP contribution is 2.45. The van der Waals surface area contributed by atoms with Crippen LogP contribution in [0.25, 0.3) is 16.7 Å². The fraction of sp³-hybridized carbons (Fsp3) is 0.172. The molecular formula is C29H25ClN2O4. The van der Waals surface area contributed by atoms with E-state index >= 15 is 0 Å². The number of para-hydroxylation sites is 1. The SMILES string of the molecule is CCOc1ccc(/C(O)=C2\C(=O)C(=O)N(c3ccc(Cl)cc3)C2c2c(C)[nH]c3ccccc23)cc1C. The van der Waals surface area contributed by atoms with Crippen LogP contribution in [0.4, 0.5) is 5.69 Å². The molecule has 1 aromatic heterocycles. The summed E-state index contributed by atoms with van der Waals surface area (Å²) in [7, 11) is 0. The highest BCUT2D eigenvalue weighted by Gasteiger charge is 2.48. The normalized spacial score (nSPS) is 17.2. The molecule has 182 valence electrons. The number of aliphatic hydroxyl groups is 1. The van der Waals surface area contributed by atoms with Gasteiger partial charge in [-0.3, -0.25) is 14.5 Å². The molecule has 0 saturated carbocycles. The lowest BCUT2D eigenvalue weighted by molar-refractivity contribution is -0.132. The number of aromatic amines is 1. The van der Waals surface area contributed by atoms with Crippen LogP contribution in [-0.2, 0) is 9.59 Å². The van der Waals surface area contributed by atoms with Gasteiger partial charge in [0.05, 0.1) is 18.2 Å². The number of fused-ring (bicyclic) bond motifs is 1. The summed E-state index contributed by atoms with van der Waals surface area (Å²) in [6, 6.07) is 18.8. The monoisotopic (exact) mass is 500 g/mol. The van der Waals surface area contributed by atoms with Crippen molar-refractivity contribution in [2.45, 2.75) is 26.8 Å². The molecule has 3 aromatic carbocycles. The maximum absolute atomic E-state index is 13.5. The van der Waals surface area contributed by atoms with Gasteiger partial charge in [-0.2, -0.15) is 0 Å². The van der Waals surface area contributed by atoms with E-state index in [1.165, 1.54) is 4.90 Å². The molecule has 0 bridgehead atoms. The van der Waals surface area contributed by atoms with Crippen molar-refractivity contribution in [3.63, 3.8) is 0 Å². The number of amides is 1. The molecule has 0 aliphatic carbocycles. The number of H-pyrrole nitrogens is 1. The van der Waals surface area contributed by atoms with Gasteiger partial charge in [0, 0.05) is 38.4 Å². The third-order valence-electron chi connectivity index (χ3n) is 6.51. The number of aromatic nitrogens is 1. The molecule has 36 heavy (non-hydrogen) atoms. The van der Waals surface area contributed by atoms with Crippen LogP contribution < -0.4 is 9.64 Å². The quantitative estimate of drug-likeness (QED) is 0.187. The third-order valence-corrected chi connectivity index (χ3v) is 6.77. The topological polar surface area (TPSA) is 82.6 Å². The summed E-state index contributed by atoms with van der Waals surface area (Å²) < 4.78 is 5.62. The number of nitrogens with zero attached hydrogens (tertiary/aromatic N) is 1. The second kappa shape index (κ2) is 9.21. The number of ketones is 1. The van der Waals surface area contributed by atoms with Crippen LogP contribution in [0.3, 0.4) is 0 Å². The largest absolute Gasteiger partial charge is 0.507 e. The van der Waals surface area contributed by atoms with E-state index < -0.39 is 17.7 Å².